The summed E-state index contributed by atoms with van der Waals surface area (Å²) in [6.07, 6.45) is 0.676. The number of aliphatic hydroxyl groups excluding tert-OH is 1. The highest BCUT2D eigenvalue weighted by Crippen LogP contribution is 2.22. The minimum atomic E-state index is -0.517. The Bertz CT molecular complexity index is 495. The largest absolute Gasteiger partial charge is 0.490 e. The predicted octanol–water partition coefficient (Wildman–Crippen LogP) is 1.79. The molecule has 0 spiro atoms. The van der Waals surface area contributed by atoms with Gasteiger partial charge in [-0.3, -0.25) is 4.90 Å². The maximum atomic E-state index is 10.2. The number of β-amino-alcohol motifs (C(OH)–C–C–N with tert-alkyl or cyclic N) is 1. The summed E-state index contributed by atoms with van der Waals surface area (Å²) in [6, 6.07) is 7.91. The van der Waals surface area contributed by atoms with Crippen molar-refractivity contribution >= 4 is 17.2 Å². The Hall–Kier alpha value is -1.17. The molecular weight excluding hydrogens is 284 g/mol. The van der Waals surface area contributed by atoms with E-state index in [2.05, 4.69) is 18.7 Å². The summed E-state index contributed by atoms with van der Waals surface area (Å²) >= 11 is 5.00. The minimum absolute atomic E-state index is 0.247. The summed E-state index contributed by atoms with van der Waals surface area (Å²) < 4.78 is 5.69. The molecule has 1 aliphatic rings. The number of rotatable bonds is 6. The second-order valence-corrected chi connectivity index (χ2v) is 6.41. The summed E-state index contributed by atoms with van der Waals surface area (Å²) in [4.78, 5) is 2.63. The highest BCUT2D eigenvalue weighted by atomic mass is 32.1. The van der Waals surface area contributed by atoms with Gasteiger partial charge < -0.3 is 15.6 Å². The van der Waals surface area contributed by atoms with Crippen LogP contribution in [0.2, 0.25) is 0 Å². The average Bonchev–Trinajstić information content (AvgIpc) is 2.74. The van der Waals surface area contributed by atoms with E-state index in [4.69, 9.17) is 22.7 Å². The molecule has 0 aromatic heterocycles. The molecule has 4 nitrogen and oxygen atoms in total. The zero-order chi connectivity index (χ0) is 15.4. The Morgan fingerprint density at radius 1 is 1.48 bits per heavy atom. The highest BCUT2D eigenvalue weighted by molar-refractivity contribution is 7.80. The van der Waals surface area contributed by atoms with Gasteiger partial charge in [0.05, 0.1) is 5.56 Å². The van der Waals surface area contributed by atoms with Gasteiger partial charge in [0.2, 0.25) is 0 Å². The van der Waals surface area contributed by atoms with E-state index in [1.54, 1.807) is 0 Å². The number of benzene rings is 1. The molecule has 0 bridgehead atoms. The van der Waals surface area contributed by atoms with E-state index in [-0.39, 0.29) is 6.61 Å². The number of para-hydroxylation sites is 1. The summed E-state index contributed by atoms with van der Waals surface area (Å²) in [7, 11) is 0. The topological polar surface area (TPSA) is 58.7 Å². The standard InChI is InChI=1S/C16H24N2O2S/c1-11-7-12(2)18(8-11)9-13(19)10-20-15-6-4-3-5-14(15)16(17)21/h3-6,11-13,19H,7-10H2,1-2H3,(H2,17,21). The first kappa shape index (κ1) is 16.2. The third-order valence-corrected chi connectivity index (χ3v) is 4.16. The lowest BCUT2D eigenvalue weighted by Gasteiger charge is -2.24. The van der Waals surface area contributed by atoms with Gasteiger partial charge in [0, 0.05) is 19.1 Å². The van der Waals surface area contributed by atoms with Gasteiger partial charge in [-0.15, -0.1) is 0 Å². The van der Waals surface area contributed by atoms with E-state index < -0.39 is 6.10 Å². The predicted molar refractivity (Wildman–Crippen MR) is 88.6 cm³/mol. The summed E-state index contributed by atoms with van der Waals surface area (Å²) in [6.45, 7) is 6.39. The van der Waals surface area contributed by atoms with Crippen LogP contribution in [0.1, 0.15) is 25.8 Å². The Morgan fingerprint density at radius 3 is 2.81 bits per heavy atom. The lowest BCUT2D eigenvalue weighted by molar-refractivity contribution is 0.0654. The molecule has 2 rings (SSSR count). The molecule has 116 valence electrons. The molecular formula is C16H24N2O2S. The van der Waals surface area contributed by atoms with Crippen molar-refractivity contribution in [1.29, 1.82) is 0 Å². The second kappa shape index (κ2) is 7.20. The van der Waals surface area contributed by atoms with Gasteiger partial charge in [-0.05, 0) is 31.4 Å². The fraction of sp³-hybridized carbons (Fsp3) is 0.562. The third kappa shape index (κ3) is 4.40. The molecule has 1 aromatic rings. The summed E-state index contributed by atoms with van der Waals surface area (Å²) in [5, 5.41) is 10.2. The number of thiocarbonyl (C=S) groups is 1. The van der Waals surface area contributed by atoms with Gasteiger partial charge in [-0.1, -0.05) is 31.3 Å². The first-order valence-corrected chi connectivity index (χ1v) is 7.82. The zero-order valence-corrected chi connectivity index (χ0v) is 13.5. The lowest BCUT2D eigenvalue weighted by Crippen LogP contribution is -2.37. The number of hydrogen-bond acceptors (Lipinski definition) is 4. The SMILES string of the molecule is CC1CC(C)N(CC(O)COc2ccccc2C(N)=S)C1. The molecule has 3 unspecified atom stereocenters. The fourth-order valence-corrected chi connectivity index (χ4v) is 3.11. The van der Waals surface area contributed by atoms with Crippen LogP contribution in [0.15, 0.2) is 24.3 Å². The molecule has 1 heterocycles. The molecule has 3 atom stereocenters. The second-order valence-electron chi connectivity index (χ2n) is 5.97. The lowest BCUT2D eigenvalue weighted by atomic mass is 10.1. The molecule has 1 fully saturated rings. The van der Waals surface area contributed by atoms with Crippen molar-refractivity contribution in [2.24, 2.45) is 11.7 Å². The van der Waals surface area contributed by atoms with Crippen molar-refractivity contribution in [3.8, 4) is 5.75 Å². The van der Waals surface area contributed by atoms with Gasteiger partial charge in [-0.25, -0.2) is 0 Å². The van der Waals surface area contributed by atoms with Crippen LogP contribution in [0.5, 0.6) is 5.75 Å². The summed E-state index contributed by atoms with van der Waals surface area (Å²) in [5.74, 6) is 1.33. The van der Waals surface area contributed by atoms with Gasteiger partial charge in [0.15, 0.2) is 0 Å². The van der Waals surface area contributed by atoms with E-state index in [1.165, 1.54) is 6.42 Å². The van der Waals surface area contributed by atoms with Crippen LogP contribution < -0.4 is 10.5 Å². The van der Waals surface area contributed by atoms with Crippen molar-refractivity contribution in [1.82, 2.24) is 4.90 Å². The number of nitrogens with two attached hydrogens (primary N) is 1. The minimum Gasteiger partial charge on any atom is -0.490 e. The quantitative estimate of drug-likeness (QED) is 0.785. The molecule has 0 amide bonds. The zero-order valence-electron chi connectivity index (χ0n) is 12.7. The number of ether oxygens (including phenoxy) is 1. The maximum absolute atomic E-state index is 10.2. The molecule has 3 N–H and O–H groups in total. The maximum Gasteiger partial charge on any atom is 0.129 e. The van der Waals surface area contributed by atoms with E-state index in [1.807, 2.05) is 24.3 Å². The molecule has 1 aromatic carbocycles. The molecule has 0 aliphatic carbocycles. The Labute approximate surface area is 131 Å². The first-order chi connectivity index (χ1) is 9.97. The monoisotopic (exact) mass is 308 g/mol. The first-order valence-electron chi connectivity index (χ1n) is 7.41. The number of likely N-dealkylation sites (tertiary alicyclic amines) is 1. The molecule has 0 saturated carbocycles. The number of nitrogens with zero attached hydrogens (tertiary/aromatic N) is 1. The van der Waals surface area contributed by atoms with E-state index in [0.29, 0.717) is 34.8 Å². The van der Waals surface area contributed by atoms with Crippen LogP contribution in [-0.4, -0.2) is 46.8 Å². The fourth-order valence-electron chi connectivity index (χ4n) is 2.95. The molecule has 5 heteroatoms. The number of hydrogen-bond donors (Lipinski definition) is 2. The third-order valence-electron chi connectivity index (χ3n) is 3.94. The molecule has 1 aliphatic heterocycles. The van der Waals surface area contributed by atoms with E-state index in [0.717, 1.165) is 6.54 Å². The van der Waals surface area contributed by atoms with Crippen LogP contribution in [0, 0.1) is 5.92 Å². The van der Waals surface area contributed by atoms with Gasteiger partial charge in [0.1, 0.15) is 23.4 Å². The average molecular weight is 308 g/mol. The number of aliphatic hydroxyl groups is 1. The van der Waals surface area contributed by atoms with Gasteiger partial charge >= 0.3 is 0 Å². The molecule has 0 radical (unpaired) electrons. The van der Waals surface area contributed by atoms with E-state index >= 15 is 0 Å². The Morgan fingerprint density at radius 2 is 2.19 bits per heavy atom. The van der Waals surface area contributed by atoms with Crippen molar-refractivity contribution in [2.45, 2.75) is 32.4 Å². The molecule has 21 heavy (non-hydrogen) atoms. The van der Waals surface area contributed by atoms with Crippen molar-refractivity contribution in [2.75, 3.05) is 19.7 Å². The Kier molecular flexibility index (Phi) is 5.56. The van der Waals surface area contributed by atoms with Crippen LogP contribution in [0.3, 0.4) is 0 Å². The van der Waals surface area contributed by atoms with Gasteiger partial charge in [-0.2, -0.15) is 0 Å². The summed E-state index contributed by atoms with van der Waals surface area (Å²) in [5.41, 5.74) is 6.38. The highest BCUT2D eigenvalue weighted by Gasteiger charge is 2.27. The van der Waals surface area contributed by atoms with Crippen LogP contribution in [0.4, 0.5) is 0 Å². The van der Waals surface area contributed by atoms with Crippen LogP contribution in [-0.2, 0) is 0 Å². The van der Waals surface area contributed by atoms with Crippen molar-refractivity contribution < 1.29 is 9.84 Å². The normalized spacial score (nSPS) is 24.0. The smallest absolute Gasteiger partial charge is 0.129 e. The van der Waals surface area contributed by atoms with Crippen LogP contribution in [0.25, 0.3) is 0 Å². The van der Waals surface area contributed by atoms with E-state index in [9.17, 15) is 5.11 Å². The van der Waals surface area contributed by atoms with Crippen LogP contribution >= 0.6 is 12.2 Å². The Balaban J connectivity index is 1.87. The van der Waals surface area contributed by atoms with Crippen molar-refractivity contribution in [3.63, 3.8) is 0 Å². The molecule has 1 saturated heterocycles. The van der Waals surface area contributed by atoms with Crippen molar-refractivity contribution in [3.05, 3.63) is 29.8 Å². The van der Waals surface area contributed by atoms with Gasteiger partial charge in [0.25, 0.3) is 0 Å².